The van der Waals surface area contributed by atoms with Gasteiger partial charge >= 0.3 is 5.97 Å². The summed E-state index contributed by atoms with van der Waals surface area (Å²) < 4.78 is 16.1. The van der Waals surface area contributed by atoms with Crippen molar-refractivity contribution >= 4 is 5.97 Å². The Bertz CT molecular complexity index is 1770. The van der Waals surface area contributed by atoms with Gasteiger partial charge in [-0.1, -0.05) is 115 Å². The summed E-state index contributed by atoms with van der Waals surface area (Å²) in [6.45, 7) is 20.7. The van der Waals surface area contributed by atoms with Gasteiger partial charge in [-0.05, 0) is 189 Å². The second kappa shape index (κ2) is 33.4. The van der Waals surface area contributed by atoms with Crippen LogP contribution < -0.4 is 0 Å². The van der Waals surface area contributed by atoms with Crippen molar-refractivity contribution in [3.05, 3.63) is 72.9 Å². The Morgan fingerprint density at radius 3 is 1.35 bits per heavy atom. The summed E-state index contributed by atoms with van der Waals surface area (Å²) in [6.07, 6.45) is 48.5. The molecule has 77 heavy (non-hydrogen) atoms. The van der Waals surface area contributed by atoms with Crippen LogP contribution in [0, 0.1) is 32.5 Å². The maximum absolute atomic E-state index is 11.5. The first-order chi connectivity index (χ1) is 36.6. The van der Waals surface area contributed by atoms with Gasteiger partial charge in [0, 0.05) is 38.3 Å². The highest BCUT2D eigenvalue weighted by molar-refractivity contribution is 5.77. The first-order valence-corrected chi connectivity index (χ1v) is 30.4. The summed E-state index contributed by atoms with van der Waals surface area (Å²) in [6, 6.07) is 0. The van der Waals surface area contributed by atoms with Crippen molar-refractivity contribution < 1.29 is 54.8 Å². The van der Waals surface area contributed by atoms with E-state index in [1.165, 1.54) is 19.3 Å². The molecule has 1 unspecified atom stereocenters. The molecule has 11 aliphatic rings. The monoisotopic (exact) mass is 1080 g/mol. The lowest BCUT2D eigenvalue weighted by molar-refractivity contribution is -0.220. The van der Waals surface area contributed by atoms with E-state index in [4.69, 9.17) is 24.4 Å². The number of rotatable bonds is 5. The van der Waals surface area contributed by atoms with Crippen molar-refractivity contribution in [2.75, 3.05) is 46.1 Å². The number of nitrogens with zero attached hydrogens (tertiary/aromatic N) is 1. The minimum atomic E-state index is -0.554. The second-order valence-corrected chi connectivity index (χ2v) is 26.3. The quantitative estimate of drug-likeness (QED) is 0.102. The molecular weight excluding hydrogens is 971 g/mol. The fraction of sp³-hybridized carbons (Fsp3) is 0.800. The summed E-state index contributed by atoms with van der Waals surface area (Å²) >= 11 is 0. The van der Waals surface area contributed by atoms with Crippen LogP contribution in [-0.4, -0.2) is 136 Å². The van der Waals surface area contributed by atoms with E-state index < -0.39 is 6.29 Å². The molecule has 0 aromatic rings. The fourth-order valence-corrected chi connectivity index (χ4v) is 11.7. The van der Waals surface area contributed by atoms with Gasteiger partial charge < -0.3 is 50.0 Å². The average Bonchev–Trinajstić information content (AvgIpc) is 3.39. The van der Waals surface area contributed by atoms with E-state index in [9.17, 15) is 30.3 Å². The van der Waals surface area contributed by atoms with Gasteiger partial charge in [-0.2, -0.15) is 0 Å². The van der Waals surface area contributed by atoms with Gasteiger partial charge in [-0.25, -0.2) is 0 Å². The van der Waals surface area contributed by atoms with E-state index in [0.29, 0.717) is 10.8 Å². The Morgan fingerprint density at radius 2 is 0.883 bits per heavy atom. The number of ether oxygens (including phenoxy) is 3. The first-order valence-electron chi connectivity index (χ1n) is 30.4. The van der Waals surface area contributed by atoms with Crippen molar-refractivity contribution in [2.45, 2.75) is 252 Å². The predicted molar refractivity (Wildman–Crippen MR) is 311 cm³/mol. The Morgan fingerprint density at radius 1 is 0.481 bits per heavy atom. The van der Waals surface area contributed by atoms with E-state index in [1.807, 2.05) is 49.5 Å². The highest BCUT2D eigenvalue weighted by Crippen LogP contribution is 2.42. The highest BCUT2D eigenvalue weighted by atomic mass is 16.6. The van der Waals surface area contributed by atoms with Crippen LogP contribution in [0.15, 0.2) is 72.9 Å². The maximum atomic E-state index is 11.5. The van der Waals surface area contributed by atoms with Crippen LogP contribution in [0.1, 0.15) is 209 Å². The van der Waals surface area contributed by atoms with Gasteiger partial charge in [-0.15, -0.1) is 0 Å². The second-order valence-electron chi connectivity index (χ2n) is 26.3. The molecule has 6 aliphatic carbocycles. The van der Waals surface area contributed by atoms with Crippen LogP contribution in [0.2, 0.25) is 0 Å². The number of hydrogen-bond donors (Lipinski definition) is 7. The van der Waals surface area contributed by atoms with Gasteiger partial charge in [0.2, 0.25) is 0 Å². The molecule has 11 rings (SSSR count). The van der Waals surface area contributed by atoms with Crippen molar-refractivity contribution in [2.24, 2.45) is 32.5 Å². The van der Waals surface area contributed by atoms with Gasteiger partial charge in [0.1, 0.15) is 6.10 Å². The number of esters is 1. The SMILES string of the molecule is CC[C@@]1(C)CC/C=C\[C@@H](O)CC1.C[C@]1(CN2CCOCC2)CC/C=C\[C@@H](O)CC1.C[C@]1(CO)CC/C=C\[C@@H](O)CC1.C[C@]1(CO)CC/C=C\[C@@H](O)CC1.C[C@]12CC/C=C\[C@H](CC1)OC2=O.C[C@]12CC/C=C\[C@H](CC1)OC2O. The molecule has 12 nitrogen and oxygen atoms in total. The van der Waals surface area contributed by atoms with E-state index in [1.54, 1.807) is 0 Å². The number of carbonyl (C=O) groups excluding carboxylic acids is 1. The molecule has 442 valence electrons. The molecule has 0 spiro atoms. The molecule has 0 aromatic carbocycles. The third-order valence-electron chi connectivity index (χ3n) is 18.7. The average molecular weight is 1080 g/mol. The molecular formula is C65H111NO11. The molecule has 0 saturated carbocycles. The van der Waals surface area contributed by atoms with Crippen molar-refractivity contribution in [3.8, 4) is 0 Å². The van der Waals surface area contributed by atoms with Crippen LogP contribution in [0.25, 0.3) is 0 Å². The number of aliphatic hydroxyl groups is 7. The topological polar surface area (TPSA) is 190 Å². The fourth-order valence-electron chi connectivity index (χ4n) is 11.7. The zero-order chi connectivity index (χ0) is 56.4. The summed E-state index contributed by atoms with van der Waals surface area (Å²) in [4.78, 5) is 14.0. The smallest absolute Gasteiger partial charge is 0.312 e. The van der Waals surface area contributed by atoms with E-state index in [-0.39, 0.29) is 77.5 Å². The zero-order valence-corrected chi connectivity index (χ0v) is 49.3. The Balaban J connectivity index is 0.000000201. The maximum Gasteiger partial charge on any atom is 0.312 e. The van der Waals surface area contributed by atoms with E-state index in [2.05, 4.69) is 76.8 Å². The number of aliphatic hydroxyl groups excluding tert-OH is 7. The summed E-state index contributed by atoms with van der Waals surface area (Å²) in [5.41, 5.74) is 0.662. The Labute approximate surface area is 467 Å². The number of carbonyl (C=O) groups is 1. The van der Waals surface area contributed by atoms with Crippen molar-refractivity contribution in [1.29, 1.82) is 0 Å². The lowest BCUT2D eigenvalue weighted by Gasteiger charge is -2.42. The molecule has 3 saturated heterocycles. The van der Waals surface area contributed by atoms with Gasteiger partial charge in [0.25, 0.3) is 0 Å². The summed E-state index contributed by atoms with van der Waals surface area (Å²) in [7, 11) is 0. The van der Waals surface area contributed by atoms with Crippen LogP contribution in [0.3, 0.4) is 0 Å². The van der Waals surface area contributed by atoms with Crippen molar-refractivity contribution in [3.63, 3.8) is 0 Å². The lowest BCUT2D eigenvalue weighted by atomic mass is 9.76. The molecule has 0 aromatic heterocycles. The number of morpholine rings is 1. The van der Waals surface area contributed by atoms with Crippen LogP contribution in [-0.2, 0) is 19.0 Å². The molecule has 0 radical (unpaired) electrons. The van der Waals surface area contributed by atoms with Crippen LogP contribution >= 0.6 is 0 Å². The lowest BCUT2D eigenvalue weighted by Crippen LogP contribution is -2.43. The first kappa shape index (κ1) is 67.0. The van der Waals surface area contributed by atoms with Crippen molar-refractivity contribution in [1.82, 2.24) is 4.90 Å². The predicted octanol–water partition coefficient (Wildman–Crippen LogP) is 11.6. The molecule has 13 atom stereocenters. The Hall–Kier alpha value is -2.49. The third-order valence-corrected chi connectivity index (χ3v) is 18.7. The number of fused-ring (bicyclic) bond motifs is 8. The molecule has 4 bridgehead atoms. The van der Waals surface area contributed by atoms with E-state index in [0.717, 1.165) is 174 Å². The third kappa shape index (κ3) is 24.6. The molecule has 12 heteroatoms. The summed E-state index contributed by atoms with van der Waals surface area (Å²) in [5.74, 6) is 0.00287. The molecule has 0 amide bonds. The molecule has 5 aliphatic heterocycles. The normalized spacial score (nSPS) is 41.7. The Kier molecular flexibility index (Phi) is 29.1. The summed E-state index contributed by atoms with van der Waals surface area (Å²) in [5, 5.41) is 65.9. The zero-order valence-electron chi connectivity index (χ0n) is 49.3. The minimum absolute atomic E-state index is 0.00125. The molecule has 3 fully saturated rings. The highest BCUT2D eigenvalue weighted by Gasteiger charge is 2.41. The largest absolute Gasteiger partial charge is 0.458 e. The molecule has 5 heterocycles. The van der Waals surface area contributed by atoms with Gasteiger partial charge in [-0.3, -0.25) is 9.69 Å². The standard InChI is InChI=1S/C14H25NO2.C11H20O.C10H16O2.C10H14O2.2C10H18O2/c1-14(12-15-8-10-17-11-9-15)6-3-2-4-13(16)5-7-14;1-3-11(2)8-5-4-6-10(12)7-9-11;2*1-10-6-3-2-4-8(5-7-10)12-9(10)11;2*1-10(8-11)6-3-2-4-9(12)5-7-10/h2,4,13,16H,3,5-12H2,1H3;4,6,10,12H,3,5,7-9H2,1-2H3;2,4,8-9,11H,3,5-7H2,1H3;2,4,8H,3,5-7H2,1H3;2*2,4,9,11-12H,3,5-8H2,1H3/b4-2-;6-4-;4*4-2-/t13-,14+;10-,11+;8-,9?,10+;8-,10+;2*9-,10+/m111111/s1. The number of allylic oxidation sites excluding steroid dienone is 6. The number of hydrogen-bond acceptors (Lipinski definition) is 12. The van der Waals surface area contributed by atoms with Crippen LogP contribution in [0.4, 0.5) is 0 Å². The van der Waals surface area contributed by atoms with Crippen LogP contribution in [0.5, 0.6) is 0 Å². The minimum Gasteiger partial charge on any atom is -0.458 e. The molecule has 7 N–H and O–H groups in total. The van der Waals surface area contributed by atoms with Gasteiger partial charge in [0.05, 0.1) is 49.1 Å². The van der Waals surface area contributed by atoms with Gasteiger partial charge in [0.15, 0.2) is 6.29 Å². The van der Waals surface area contributed by atoms with E-state index >= 15 is 0 Å².